The lowest BCUT2D eigenvalue weighted by atomic mass is 9.65. The molecule has 1 aliphatic carbocycles. The van der Waals surface area contributed by atoms with E-state index in [0.717, 1.165) is 24.8 Å². The first kappa shape index (κ1) is 15.4. The first-order valence-corrected chi connectivity index (χ1v) is 7.90. The fourth-order valence-corrected chi connectivity index (χ4v) is 3.46. The molecule has 0 bridgehead atoms. The van der Waals surface area contributed by atoms with E-state index < -0.39 is 0 Å². The second kappa shape index (κ2) is 6.62. The van der Waals surface area contributed by atoms with E-state index in [1.807, 2.05) is 0 Å². The van der Waals surface area contributed by atoms with Crippen molar-refractivity contribution in [3.8, 4) is 5.75 Å². The van der Waals surface area contributed by atoms with Gasteiger partial charge in [0.05, 0.1) is 7.11 Å². The maximum Gasteiger partial charge on any atom is 0.118 e. The summed E-state index contributed by atoms with van der Waals surface area (Å²) < 4.78 is 5.28. The molecule has 2 atom stereocenters. The monoisotopic (exact) mass is 275 g/mol. The van der Waals surface area contributed by atoms with E-state index in [0.29, 0.717) is 11.3 Å². The van der Waals surface area contributed by atoms with Crippen LogP contribution in [0, 0.1) is 11.3 Å². The van der Waals surface area contributed by atoms with Crippen LogP contribution < -0.4 is 10.1 Å². The minimum Gasteiger partial charge on any atom is -0.497 e. The molecule has 0 aliphatic heterocycles. The van der Waals surface area contributed by atoms with Crippen LogP contribution in [0.1, 0.15) is 51.5 Å². The van der Waals surface area contributed by atoms with Crippen molar-refractivity contribution >= 4 is 0 Å². The van der Waals surface area contributed by atoms with Gasteiger partial charge in [0.1, 0.15) is 5.75 Å². The van der Waals surface area contributed by atoms with Crippen LogP contribution in [-0.4, -0.2) is 20.2 Å². The fraction of sp³-hybridized carbons (Fsp3) is 0.667. The standard InChI is InChI=1S/C18H29NO/c1-5-19-13-15-10-11-18(2,3)12-17(15)14-6-8-16(20-4)9-7-14/h6-9,15,17,19H,5,10-13H2,1-4H3. The summed E-state index contributed by atoms with van der Waals surface area (Å²) >= 11 is 0. The van der Waals surface area contributed by atoms with Crippen LogP contribution >= 0.6 is 0 Å². The van der Waals surface area contributed by atoms with Gasteiger partial charge in [-0.2, -0.15) is 0 Å². The Hall–Kier alpha value is -1.02. The summed E-state index contributed by atoms with van der Waals surface area (Å²) in [4.78, 5) is 0. The molecule has 0 radical (unpaired) electrons. The molecule has 1 aliphatic rings. The van der Waals surface area contributed by atoms with Gasteiger partial charge in [-0.25, -0.2) is 0 Å². The SMILES string of the molecule is CCNCC1CCC(C)(C)CC1c1ccc(OC)cc1. The molecular weight excluding hydrogens is 246 g/mol. The molecule has 0 spiro atoms. The molecule has 2 rings (SSSR count). The van der Waals surface area contributed by atoms with Crippen molar-refractivity contribution in [2.24, 2.45) is 11.3 Å². The highest BCUT2D eigenvalue weighted by molar-refractivity contribution is 5.30. The number of hydrogen-bond acceptors (Lipinski definition) is 2. The lowest BCUT2D eigenvalue weighted by Gasteiger charge is -2.41. The molecule has 0 amide bonds. The molecule has 112 valence electrons. The largest absolute Gasteiger partial charge is 0.497 e. The van der Waals surface area contributed by atoms with Crippen LogP contribution in [0.2, 0.25) is 0 Å². The molecular formula is C18H29NO. The Bertz CT molecular complexity index is 410. The zero-order valence-corrected chi connectivity index (χ0v) is 13.4. The van der Waals surface area contributed by atoms with E-state index in [-0.39, 0.29) is 0 Å². The highest BCUT2D eigenvalue weighted by atomic mass is 16.5. The second-order valence-electron chi connectivity index (χ2n) is 6.85. The Morgan fingerprint density at radius 3 is 2.55 bits per heavy atom. The molecule has 2 unspecified atom stereocenters. The van der Waals surface area contributed by atoms with Gasteiger partial charge in [0.15, 0.2) is 0 Å². The smallest absolute Gasteiger partial charge is 0.118 e. The summed E-state index contributed by atoms with van der Waals surface area (Å²) in [6.07, 6.45) is 3.96. The predicted molar refractivity (Wildman–Crippen MR) is 85.4 cm³/mol. The molecule has 1 aromatic carbocycles. The maximum atomic E-state index is 5.28. The molecule has 0 aromatic heterocycles. The topological polar surface area (TPSA) is 21.3 Å². The minimum absolute atomic E-state index is 0.466. The average molecular weight is 275 g/mol. The molecule has 1 fully saturated rings. The van der Waals surface area contributed by atoms with Gasteiger partial charge in [0.25, 0.3) is 0 Å². The van der Waals surface area contributed by atoms with Gasteiger partial charge in [-0.15, -0.1) is 0 Å². The third kappa shape index (κ3) is 3.76. The first-order chi connectivity index (χ1) is 9.55. The van der Waals surface area contributed by atoms with E-state index in [9.17, 15) is 0 Å². The Morgan fingerprint density at radius 2 is 1.95 bits per heavy atom. The molecule has 2 heteroatoms. The Labute approximate surface area is 123 Å². The number of nitrogens with one attached hydrogen (secondary N) is 1. The van der Waals surface area contributed by atoms with Gasteiger partial charge < -0.3 is 10.1 Å². The number of benzene rings is 1. The number of methoxy groups -OCH3 is 1. The van der Waals surface area contributed by atoms with E-state index in [1.54, 1.807) is 7.11 Å². The first-order valence-electron chi connectivity index (χ1n) is 7.90. The van der Waals surface area contributed by atoms with Crippen molar-refractivity contribution in [2.45, 2.75) is 46.0 Å². The molecule has 0 saturated heterocycles. The van der Waals surface area contributed by atoms with E-state index in [1.165, 1.54) is 24.8 Å². The average Bonchev–Trinajstić information content (AvgIpc) is 2.45. The van der Waals surface area contributed by atoms with Crippen LogP contribution in [0.5, 0.6) is 5.75 Å². The summed E-state index contributed by atoms with van der Waals surface area (Å²) in [5.41, 5.74) is 1.94. The molecule has 0 heterocycles. The van der Waals surface area contributed by atoms with Crippen molar-refractivity contribution in [1.29, 1.82) is 0 Å². The van der Waals surface area contributed by atoms with Gasteiger partial charge in [-0.3, -0.25) is 0 Å². The van der Waals surface area contributed by atoms with Crippen LogP contribution in [0.3, 0.4) is 0 Å². The quantitative estimate of drug-likeness (QED) is 0.869. The minimum atomic E-state index is 0.466. The lowest BCUT2D eigenvalue weighted by Crippen LogP contribution is -2.34. The van der Waals surface area contributed by atoms with Crippen LogP contribution in [0.25, 0.3) is 0 Å². The molecule has 1 N–H and O–H groups in total. The van der Waals surface area contributed by atoms with Crippen LogP contribution in [0.4, 0.5) is 0 Å². The highest BCUT2D eigenvalue weighted by Crippen LogP contribution is 2.46. The maximum absolute atomic E-state index is 5.28. The van der Waals surface area contributed by atoms with E-state index in [2.05, 4.69) is 50.4 Å². The van der Waals surface area contributed by atoms with Crippen LogP contribution in [0.15, 0.2) is 24.3 Å². The zero-order valence-electron chi connectivity index (χ0n) is 13.4. The van der Waals surface area contributed by atoms with Crippen molar-refractivity contribution < 1.29 is 4.74 Å². The van der Waals surface area contributed by atoms with Crippen molar-refractivity contribution in [1.82, 2.24) is 5.32 Å². The van der Waals surface area contributed by atoms with Crippen molar-refractivity contribution in [3.63, 3.8) is 0 Å². The number of hydrogen-bond donors (Lipinski definition) is 1. The predicted octanol–water partition coefficient (Wildman–Crippen LogP) is 4.21. The third-order valence-corrected chi connectivity index (χ3v) is 4.73. The van der Waals surface area contributed by atoms with Crippen LogP contribution in [-0.2, 0) is 0 Å². The second-order valence-corrected chi connectivity index (χ2v) is 6.85. The molecule has 1 aromatic rings. The summed E-state index contributed by atoms with van der Waals surface area (Å²) in [5, 5.41) is 3.54. The summed E-state index contributed by atoms with van der Waals surface area (Å²) in [6.45, 7) is 9.22. The lowest BCUT2D eigenvalue weighted by molar-refractivity contribution is 0.160. The summed E-state index contributed by atoms with van der Waals surface area (Å²) in [7, 11) is 1.73. The normalized spacial score (nSPS) is 25.4. The van der Waals surface area contributed by atoms with Gasteiger partial charge >= 0.3 is 0 Å². The highest BCUT2D eigenvalue weighted by Gasteiger charge is 2.35. The van der Waals surface area contributed by atoms with Crippen molar-refractivity contribution in [2.75, 3.05) is 20.2 Å². The number of rotatable bonds is 5. The van der Waals surface area contributed by atoms with Gasteiger partial charge in [-0.1, -0.05) is 32.9 Å². The van der Waals surface area contributed by atoms with E-state index in [4.69, 9.17) is 4.74 Å². The molecule has 20 heavy (non-hydrogen) atoms. The molecule has 2 nitrogen and oxygen atoms in total. The summed E-state index contributed by atoms with van der Waals surface area (Å²) in [6, 6.07) is 8.70. The van der Waals surface area contributed by atoms with Gasteiger partial charge in [0.2, 0.25) is 0 Å². The summed E-state index contributed by atoms with van der Waals surface area (Å²) in [5.74, 6) is 2.38. The molecule has 1 saturated carbocycles. The fourth-order valence-electron chi connectivity index (χ4n) is 3.46. The number of ether oxygens (including phenoxy) is 1. The zero-order chi connectivity index (χ0) is 14.6. The van der Waals surface area contributed by atoms with E-state index >= 15 is 0 Å². The van der Waals surface area contributed by atoms with Gasteiger partial charge in [0, 0.05) is 0 Å². The Balaban J connectivity index is 2.16. The third-order valence-electron chi connectivity index (χ3n) is 4.73. The van der Waals surface area contributed by atoms with Crippen molar-refractivity contribution in [3.05, 3.63) is 29.8 Å². The Kier molecular flexibility index (Phi) is 5.09. The Morgan fingerprint density at radius 1 is 1.25 bits per heavy atom. The van der Waals surface area contributed by atoms with Gasteiger partial charge in [-0.05, 0) is 67.3 Å².